The number of aliphatic hydroxyl groups excluding tert-OH is 1. The molecule has 14 heteroatoms. The minimum Gasteiger partial charge on any atom is -0.491 e. The minimum atomic E-state index is -3.62. The molecule has 2 aliphatic rings. The fourth-order valence-electron chi connectivity index (χ4n) is 4.58. The van der Waals surface area contributed by atoms with E-state index in [4.69, 9.17) is 14.2 Å². The van der Waals surface area contributed by atoms with E-state index in [1.807, 2.05) is 0 Å². The normalized spacial score (nSPS) is 20.4. The molecule has 2 N–H and O–H groups in total. The fourth-order valence-corrected chi connectivity index (χ4v) is 7.27. The van der Waals surface area contributed by atoms with Crippen LogP contribution in [0.25, 0.3) is 0 Å². The van der Waals surface area contributed by atoms with E-state index in [2.05, 4.69) is 21.2 Å². The molecule has 1 amide bonds. The van der Waals surface area contributed by atoms with Crippen molar-refractivity contribution in [2.45, 2.75) is 46.9 Å². The quantitative estimate of drug-likeness (QED) is 0.419. The Morgan fingerprint density at radius 2 is 1.85 bits per heavy atom. The zero-order valence-electron chi connectivity index (χ0n) is 21.3. The van der Waals surface area contributed by atoms with Gasteiger partial charge in [0.25, 0.3) is 0 Å². The van der Waals surface area contributed by atoms with Crippen LogP contribution in [0.5, 0.6) is 5.75 Å². The monoisotopic (exact) mass is 646 g/mol. The molecule has 2 unspecified atom stereocenters. The van der Waals surface area contributed by atoms with Gasteiger partial charge in [-0.1, -0.05) is 28.1 Å². The van der Waals surface area contributed by atoms with Crippen molar-refractivity contribution in [2.75, 3.05) is 39.1 Å². The van der Waals surface area contributed by atoms with Crippen LogP contribution < -0.4 is 10.1 Å². The van der Waals surface area contributed by atoms with Gasteiger partial charge in [0.05, 0.1) is 28.5 Å². The van der Waals surface area contributed by atoms with Gasteiger partial charge in [0.1, 0.15) is 24.6 Å². The number of benzene rings is 2. The lowest BCUT2D eigenvalue weighted by Gasteiger charge is -2.37. The molecule has 1 spiro atoms. The number of piperidine rings is 1. The number of sulfone groups is 1. The lowest BCUT2D eigenvalue weighted by molar-refractivity contribution is -0.0325. The first-order valence-corrected chi connectivity index (χ1v) is 16.4. The standard InChI is InChI=1S/C25H31BrN2O9S2/c1-38(31,32)22-6-3-5-20(13-22)35-16-19(29)15-27-24(30)37-21-14-25(36-17-21)8-10-28(11-9-25)39(33,34)23-7-2-4-18(26)12-23/h2-7,12-13,19,21,29H,8-11,14-17H2,1H3,(H,27,30). The minimum absolute atomic E-state index is 0.101. The van der Waals surface area contributed by atoms with E-state index < -0.39 is 43.8 Å². The topological polar surface area (TPSA) is 149 Å². The number of amides is 1. The SMILES string of the molecule is CS(=O)(=O)c1cccc(OCC(O)CNC(=O)OC2COC3(CCN(S(=O)(=O)c4cccc(Br)c4)CC3)C2)c1. The number of nitrogens with zero attached hydrogens (tertiary/aromatic N) is 1. The molecule has 2 aromatic rings. The highest BCUT2D eigenvalue weighted by atomic mass is 79.9. The number of hydrogen-bond donors (Lipinski definition) is 2. The van der Waals surface area contributed by atoms with Gasteiger partial charge in [-0.2, -0.15) is 4.31 Å². The number of aliphatic hydroxyl groups is 1. The van der Waals surface area contributed by atoms with Crippen molar-refractivity contribution in [2.24, 2.45) is 0 Å². The van der Waals surface area contributed by atoms with E-state index in [0.717, 1.165) is 6.26 Å². The van der Waals surface area contributed by atoms with Crippen LogP contribution in [0, 0.1) is 0 Å². The number of rotatable bonds is 9. The Kier molecular flexibility index (Phi) is 9.23. The van der Waals surface area contributed by atoms with Crippen molar-refractivity contribution in [3.63, 3.8) is 0 Å². The average Bonchev–Trinajstić information content (AvgIpc) is 3.27. The molecule has 2 heterocycles. The van der Waals surface area contributed by atoms with Crippen LogP contribution in [0.15, 0.2) is 62.8 Å². The highest BCUT2D eigenvalue weighted by molar-refractivity contribution is 9.10. The Labute approximate surface area is 236 Å². The van der Waals surface area contributed by atoms with Crippen LogP contribution in [0.1, 0.15) is 19.3 Å². The summed E-state index contributed by atoms with van der Waals surface area (Å²) in [6.07, 6.45) is 0.247. The van der Waals surface area contributed by atoms with Gasteiger partial charge < -0.3 is 24.6 Å². The van der Waals surface area contributed by atoms with Crippen LogP contribution >= 0.6 is 15.9 Å². The summed E-state index contributed by atoms with van der Waals surface area (Å²) in [5, 5.41) is 12.6. The van der Waals surface area contributed by atoms with E-state index in [-0.39, 0.29) is 35.3 Å². The second-order valence-corrected chi connectivity index (χ2v) is 14.5. The van der Waals surface area contributed by atoms with E-state index in [1.54, 1.807) is 30.3 Å². The molecular formula is C25H31BrN2O9S2. The Morgan fingerprint density at radius 3 is 2.54 bits per heavy atom. The number of hydrogen-bond acceptors (Lipinski definition) is 9. The number of sulfonamides is 1. The van der Waals surface area contributed by atoms with Crippen molar-refractivity contribution in [3.05, 3.63) is 53.0 Å². The molecule has 2 fully saturated rings. The highest BCUT2D eigenvalue weighted by Gasteiger charge is 2.46. The van der Waals surface area contributed by atoms with Gasteiger partial charge in [0.15, 0.2) is 9.84 Å². The summed E-state index contributed by atoms with van der Waals surface area (Å²) in [4.78, 5) is 12.6. The predicted octanol–water partition coefficient (Wildman–Crippen LogP) is 2.33. The molecule has 2 aromatic carbocycles. The van der Waals surface area contributed by atoms with Gasteiger partial charge in [-0.05, 0) is 49.2 Å². The molecule has 0 bridgehead atoms. The summed E-state index contributed by atoms with van der Waals surface area (Å²) in [5.74, 6) is 0.281. The maximum Gasteiger partial charge on any atom is 0.407 e. The Bertz CT molecular complexity index is 1390. The Hall–Kier alpha value is -2.23. The summed E-state index contributed by atoms with van der Waals surface area (Å²) in [7, 11) is -7.01. The molecule has 2 saturated heterocycles. The van der Waals surface area contributed by atoms with Gasteiger partial charge in [0, 0.05) is 30.2 Å². The van der Waals surface area contributed by atoms with Crippen molar-refractivity contribution >= 4 is 41.9 Å². The summed E-state index contributed by atoms with van der Waals surface area (Å²) in [6.45, 7) is 0.502. The van der Waals surface area contributed by atoms with E-state index >= 15 is 0 Å². The maximum atomic E-state index is 13.0. The second kappa shape index (κ2) is 12.1. The molecule has 39 heavy (non-hydrogen) atoms. The predicted molar refractivity (Wildman–Crippen MR) is 145 cm³/mol. The molecule has 0 radical (unpaired) electrons. The summed E-state index contributed by atoms with van der Waals surface area (Å²) in [6, 6.07) is 12.5. The number of halogens is 1. The first-order chi connectivity index (χ1) is 18.4. The Morgan fingerprint density at radius 1 is 1.15 bits per heavy atom. The first kappa shape index (κ1) is 29.7. The highest BCUT2D eigenvalue weighted by Crippen LogP contribution is 2.38. The number of nitrogens with one attached hydrogen (secondary N) is 1. The average molecular weight is 648 g/mol. The second-order valence-electron chi connectivity index (χ2n) is 9.68. The van der Waals surface area contributed by atoms with Crippen molar-refractivity contribution < 1.29 is 40.9 Å². The van der Waals surface area contributed by atoms with E-state index in [0.29, 0.717) is 36.8 Å². The smallest absolute Gasteiger partial charge is 0.407 e. The lowest BCUT2D eigenvalue weighted by atomic mass is 9.89. The molecule has 11 nitrogen and oxygen atoms in total. The molecule has 2 aliphatic heterocycles. The number of alkyl carbamates (subject to hydrolysis) is 1. The lowest BCUT2D eigenvalue weighted by Crippen LogP contribution is -2.46. The van der Waals surface area contributed by atoms with Crippen molar-refractivity contribution in [1.29, 1.82) is 0 Å². The number of ether oxygens (including phenoxy) is 3. The van der Waals surface area contributed by atoms with Crippen LogP contribution in [0.4, 0.5) is 4.79 Å². The van der Waals surface area contributed by atoms with Gasteiger partial charge >= 0.3 is 6.09 Å². The molecule has 4 rings (SSSR count). The van der Waals surface area contributed by atoms with E-state index in [1.165, 1.54) is 22.5 Å². The van der Waals surface area contributed by atoms with Crippen LogP contribution in [-0.4, -0.2) is 89.3 Å². The maximum absolute atomic E-state index is 13.0. The van der Waals surface area contributed by atoms with Gasteiger partial charge in [0.2, 0.25) is 10.0 Å². The summed E-state index contributed by atoms with van der Waals surface area (Å²) < 4.78 is 68.3. The zero-order valence-corrected chi connectivity index (χ0v) is 24.5. The molecule has 0 aliphatic carbocycles. The molecule has 0 aromatic heterocycles. The van der Waals surface area contributed by atoms with Crippen LogP contribution in [0.2, 0.25) is 0 Å². The number of carbonyl (C=O) groups excluding carboxylic acids is 1. The van der Waals surface area contributed by atoms with Crippen LogP contribution in [0.3, 0.4) is 0 Å². The Balaban J connectivity index is 1.19. The molecular weight excluding hydrogens is 616 g/mol. The third-order valence-electron chi connectivity index (χ3n) is 6.67. The molecule has 214 valence electrons. The van der Waals surface area contributed by atoms with Gasteiger partial charge in [-0.25, -0.2) is 21.6 Å². The van der Waals surface area contributed by atoms with Gasteiger partial charge in [-0.15, -0.1) is 0 Å². The zero-order chi connectivity index (χ0) is 28.3. The molecule has 0 saturated carbocycles. The van der Waals surface area contributed by atoms with Crippen molar-refractivity contribution in [3.8, 4) is 5.75 Å². The largest absolute Gasteiger partial charge is 0.491 e. The van der Waals surface area contributed by atoms with Crippen LogP contribution in [-0.2, 0) is 29.3 Å². The molecule has 2 atom stereocenters. The van der Waals surface area contributed by atoms with Gasteiger partial charge in [-0.3, -0.25) is 0 Å². The third kappa shape index (κ3) is 7.70. The number of carbonyl (C=O) groups is 1. The third-order valence-corrected chi connectivity index (χ3v) is 10.2. The van der Waals surface area contributed by atoms with E-state index in [9.17, 15) is 26.7 Å². The summed E-state index contributed by atoms with van der Waals surface area (Å²) in [5.41, 5.74) is -0.553. The fraction of sp³-hybridized carbons (Fsp3) is 0.480. The summed E-state index contributed by atoms with van der Waals surface area (Å²) >= 11 is 3.31. The first-order valence-electron chi connectivity index (χ1n) is 12.3. The van der Waals surface area contributed by atoms with Crippen molar-refractivity contribution in [1.82, 2.24) is 9.62 Å².